The predicted octanol–water partition coefficient (Wildman–Crippen LogP) is -6.76. The predicted molar refractivity (Wildman–Crippen MR) is 5.83 cm³/mol. The Morgan fingerprint density at radius 2 is 1.20 bits per heavy atom. The summed E-state index contributed by atoms with van der Waals surface area (Å²) in [4.78, 5) is 0. The average molecular weight is 194 g/mol. The van der Waals surface area contributed by atoms with E-state index in [1.807, 2.05) is 0 Å². The summed E-state index contributed by atoms with van der Waals surface area (Å²) in [6, 6.07) is 0. The zero-order valence-corrected chi connectivity index (χ0v) is 4.45. The summed E-state index contributed by atoms with van der Waals surface area (Å²) in [5.41, 5.74) is 0. The molecule has 0 aliphatic heterocycles. The molecule has 5 heavy (non-hydrogen) atoms. The number of rotatable bonds is 0. The molecule has 0 bridgehead atoms. The van der Waals surface area contributed by atoms with Gasteiger partial charge in [0.05, 0.1) is 0 Å². The average Bonchev–Trinajstić information content (AvgIpc) is 0.722. The van der Waals surface area contributed by atoms with Gasteiger partial charge in [-0.2, -0.15) is 0 Å². The van der Waals surface area contributed by atoms with E-state index in [1.165, 1.54) is 0 Å². The van der Waals surface area contributed by atoms with Crippen LogP contribution < -0.4 is 27.0 Å². The van der Waals surface area contributed by atoms with Gasteiger partial charge in [0.15, 0.2) is 0 Å². The van der Waals surface area contributed by atoms with Crippen molar-refractivity contribution in [2.75, 3.05) is 0 Å². The van der Waals surface area contributed by atoms with Crippen LogP contribution in [0.15, 0.2) is 0 Å². The van der Waals surface area contributed by atoms with Crippen LogP contribution in [0.2, 0.25) is 0 Å². The molecule has 0 spiro atoms. The summed E-state index contributed by atoms with van der Waals surface area (Å²) in [6.45, 7) is 0. The third-order valence-corrected chi connectivity index (χ3v) is 0. The SMILES string of the molecule is [O-][IH+2]([O-])(O)O. The standard InChI is InChI=1S/H3IO4/c2-1(3,4)5/h1-3H. The van der Waals surface area contributed by atoms with Crippen molar-refractivity contribution in [1.82, 2.24) is 0 Å². The van der Waals surface area contributed by atoms with Gasteiger partial charge in [0.1, 0.15) is 0 Å². The molecule has 0 unspecified atom stereocenters. The first-order valence-corrected chi connectivity index (χ1v) is 4.69. The maximum absolute atomic E-state index is 8.85. The second-order valence-corrected chi connectivity index (χ2v) is 3.00. The van der Waals surface area contributed by atoms with Gasteiger partial charge < -0.3 is 0 Å². The Morgan fingerprint density at radius 1 is 1.20 bits per heavy atom. The number of hydrogen-bond acceptors (Lipinski definition) is 4. The zero-order chi connectivity index (χ0) is 4.50. The minimum absolute atomic E-state index is 5.52. The third-order valence-electron chi connectivity index (χ3n) is 0. The van der Waals surface area contributed by atoms with Crippen LogP contribution in [-0.4, -0.2) is 6.87 Å². The fraction of sp³-hybridized carbons (Fsp3) is 0. The molecule has 34 valence electrons. The van der Waals surface area contributed by atoms with Crippen molar-refractivity contribution in [3.8, 4) is 0 Å². The molecule has 0 aromatic rings. The van der Waals surface area contributed by atoms with Gasteiger partial charge >= 0.3 is 33.8 Å². The van der Waals surface area contributed by atoms with E-state index in [9.17, 15) is 0 Å². The summed E-state index contributed by atoms with van der Waals surface area (Å²) in [7, 11) is 0. The third kappa shape index (κ3) is 92.9. The second-order valence-electron chi connectivity index (χ2n) is 0.448. The first-order chi connectivity index (χ1) is 2.00. The molecular weight excluding hydrogens is 191 g/mol. The van der Waals surface area contributed by atoms with E-state index in [2.05, 4.69) is 0 Å². The Hall–Kier alpha value is 0.570. The summed E-state index contributed by atoms with van der Waals surface area (Å²) in [5.74, 6) is 0. The van der Waals surface area contributed by atoms with Gasteiger partial charge in [0.25, 0.3) is 0 Å². The zero-order valence-electron chi connectivity index (χ0n) is 2.12. The van der Waals surface area contributed by atoms with Crippen LogP contribution in [-0.2, 0) is 0 Å². The molecule has 0 radical (unpaired) electrons. The van der Waals surface area contributed by atoms with Gasteiger partial charge in [-0.25, -0.2) is 0 Å². The van der Waals surface area contributed by atoms with Gasteiger partial charge in [-0.3, -0.25) is 0 Å². The first kappa shape index (κ1) is 5.57. The molecule has 2 N–H and O–H groups in total. The summed E-state index contributed by atoms with van der Waals surface area (Å²) in [6.07, 6.45) is 0. The van der Waals surface area contributed by atoms with Crippen molar-refractivity contribution in [2.24, 2.45) is 0 Å². The molecule has 0 amide bonds. The Kier molecular flexibility index (Phi) is 1.50. The van der Waals surface area contributed by atoms with Gasteiger partial charge in [-0.05, 0) is 0 Å². The van der Waals surface area contributed by atoms with Crippen LogP contribution in [0.4, 0.5) is 0 Å². The topological polar surface area (TPSA) is 86.6 Å². The van der Waals surface area contributed by atoms with Crippen molar-refractivity contribution in [3.63, 3.8) is 0 Å². The maximum atomic E-state index is 8.85. The molecule has 5 heteroatoms. The van der Waals surface area contributed by atoms with Crippen molar-refractivity contribution >= 4 is 0 Å². The number of halogens is 1. The fourth-order valence-electron chi connectivity index (χ4n) is 0. The van der Waals surface area contributed by atoms with E-state index in [1.54, 1.807) is 0 Å². The Labute approximate surface area is 34.4 Å². The first-order valence-electron chi connectivity index (χ1n) is 0.698. The van der Waals surface area contributed by atoms with E-state index >= 15 is 0 Å². The van der Waals surface area contributed by atoms with E-state index < -0.39 is 20.1 Å². The molecule has 0 rings (SSSR count). The molecule has 0 aliphatic rings. The molecule has 0 saturated heterocycles. The summed E-state index contributed by atoms with van der Waals surface area (Å²) >= 11 is -5.52. The Bertz CT molecular complexity index is 19.1. The van der Waals surface area contributed by atoms with Gasteiger partial charge in [-0.15, -0.1) is 0 Å². The van der Waals surface area contributed by atoms with E-state index in [0.717, 1.165) is 0 Å². The van der Waals surface area contributed by atoms with Crippen molar-refractivity contribution < 1.29 is 33.8 Å². The van der Waals surface area contributed by atoms with Crippen LogP contribution in [0.3, 0.4) is 0 Å². The summed E-state index contributed by atoms with van der Waals surface area (Å²) < 4.78 is 32.0. The van der Waals surface area contributed by atoms with Crippen LogP contribution in [0.1, 0.15) is 0 Å². The molecule has 0 heterocycles. The summed E-state index contributed by atoms with van der Waals surface area (Å²) in [5, 5.41) is 0. The van der Waals surface area contributed by atoms with Crippen molar-refractivity contribution in [3.05, 3.63) is 0 Å². The van der Waals surface area contributed by atoms with Gasteiger partial charge in [0, 0.05) is 0 Å². The minimum atomic E-state index is -5.52. The molecule has 0 aliphatic carbocycles. The van der Waals surface area contributed by atoms with E-state index in [0.29, 0.717) is 0 Å². The monoisotopic (exact) mass is 194 g/mol. The normalized spacial score (nSPS) is 15.2. The molecule has 4 nitrogen and oxygen atoms in total. The molecule has 0 fully saturated rings. The van der Waals surface area contributed by atoms with E-state index in [4.69, 9.17) is 13.7 Å². The fourth-order valence-corrected chi connectivity index (χ4v) is 0. The molecule has 0 saturated carbocycles. The van der Waals surface area contributed by atoms with E-state index in [-0.39, 0.29) is 0 Å². The molecule has 0 atom stereocenters. The van der Waals surface area contributed by atoms with Gasteiger partial charge in [-0.1, -0.05) is 0 Å². The molecular formula is H3IO4. The quantitative estimate of drug-likeness (QED) is 0.375. The van der Waals surface area contributed by atoms with Crippen LogP contribution in [0, 0.1) is 0 Å². The van der Waals surface area contributed by atoms with Gasteiger partial charge in [0.2, 0.25) is 0 Å². The van der Waals surface area contributed by atoms with Crippen LogP contribution in [0.5, 0.6) is 0 Å². The Balaban J connectivity index is 3.02. The molecule has 0 aromatic carbocycles. The Morgan fingerprint density at radius 3 is 1.20 bits per heavy atom. The van der Waals surface area contributed by atoms with Crippen LogP contribution in [0.25, 0.3) is 0 Å². The van der Waals surface area contributed by atoms with Crippen molar-refractivity contribution in [2.45, 2.75) is 0 Å². The number of hydrogen-bond donors (Lipinski definition) is 2. The second kappa shape index (κ2) is 1.35. The van der Waals surface area contributed by atoms with Crippen molar-refractivity contribution in [1.29, 1.82) is 0 Å². The molecule has 0 aromatic heterocycles. The van der Waals surface area contributed by atoms with Crippen LogP contribution >= 0.6 is 0 Å².